The Balaban J connectivity index is 1.97. The molecule has 1 aromatic carbocycles. The molecule has 21 heavy (non-hydrogen) atoms. The number of hydrogen-bond donors (Lipinski definition) is 2. The average Bonchev–Trinajstić information content (AvgIpc) is 2.41. The summed E-state index contributed by atoms with van der Waals surface area (Å²) >= 11 is 5.78. The highest BCUT2D eigenvalue weighted by molar-refractivity contribution is 6.33. The summed E-state index contributed by atoms with van der Waals surface area (Å²) in [4.78, 5) is 12.9. The lowest BCUT2D eigenvalue weighted by Gasteiger charge is -2.23. The SMILES string of the molecule is O=C(C[NH+]1CCOCC1)Nc1ccc(C(F)(F)F)cc1Cl. The summed E-state index contributed by atoms with van der Waals surface area (Å²) in [5.74, 6) is -0.284. The highest BCUT2D eigenvalue weighted by Crippen LogP contribution is 2.33. The van der Waals surface area contributed by atoms with Crippen molar-refractivity contribution in [3.63, 3.8) is 0 Å². The second kappa shape index (κ2) is 6.64. The number of benzene rings is 1. The molecule has 0 spiro atoms. The van der Waals surface area contributed by atoms with E-state index in [2.05, 4.69) is 5.32 Å². The highest BCUT2D eigenvalue weighted by Gasteiger charge is 2.31. The average molecular weight is 324 g/mol. The number of morpholine rings is 1. The molecule has 2 rings (SSSR count). The van der Waals surface area contributed by atoms with E-state index < -0.39 is 11.7 Å². The minimum absolute atomic E-state index is 0.129. The second-order valence-electron chi connectivity index (χ2n) is 4.78. The van der Waals surface area contributed by atoms with Gasteiger partial charge in [0.25, 0.3) is 5.91 Å². The van der Waals surface area contributed by atoms with Gasteiger partial charge in [0, 0.05) is 0 Å². The van der Waals surface area contributed by atoms with Crippen LogP contribution in [-0.4, -0.2) is 38.8 Å². The quantitative estimate of drug-likeness (QED) is 0.878. The lowest BCUT2D eigenvalue weighted by molar-refractivity contribution is -0.899. The van der Waals surface area contributed by atoms with E-state index in [-0.39, 0.29) is 23.2 Å². The zero-order chi connectivity index (χ0) is 15.5. The third kappa shape index (κ3) is 4.59. The van der Waals surface area contributed by atoms with Gasteiger partial charge < -0.3 is 15.0 Å². The molecule has 0 atom stereocenters. The van der Waals surface area contributed by atoms with Gasteiger partial charge in [-0.3, -0.25) is 4.79 Å². The van der Waals surface area contributed by atoms with E-state index >= 15 is 0 Å². The van der Waals surface area contributed by atoms with Crippen molar-refractivity contribution in [2.24, 2.45) is 0 Å². The van der Waals surface area contributed by atoms with Crippen LogP contribution in [0.25, 0.3) is 0 Å². The molecule has 2 N–H and O–H groups in total. The van der Waals surface area contributed by atoms with Crippen LogP contribution in [0.4, 0.5) is 18.9 Å². The van der Waals surface area contributed by atoms with E-state index in [1.165, 1.54) is 0 Å². The monoisotopic (exact) mass is 323 g/mol. The van der Waals surface area contributed by atoms with Gasteiger partial charge in [-0.15, -0.1) is 0 Å². The predicted molar refractivity (Wildman–Crippen MR) is 71.5 cm³/mol. The molecule has 0 bridgehead atoms. The van der Waals surface area contributed by atoms with E-state index in [0.29, 0.717) is 13.2 Å². The maximum atomic E-state index is 12.5. The molecule has 1 aliphatic heterocycles. The molecule has 116 valence electrons. The van der Waals surface area contributed by atoms with Gasteiger partial charge >= 0.3 is 6.18 Å². The normalized spacial score (nSPS) is 16.8. The third-order valence-corrected chi connectivity index (χ3v) is 3.49. The van der Waals surface area contributed by atoms with E-state index in [1.807, 2.05) is 0 Å². The smallest absolute Gasteiger partial charge is 0.370 e. The van der Waals surface area contributed by atoms with Gasteiger partial charge in [0.1, 0.15) is 13.1 Å². The van der Waals surface area contributed by atoms with Gasteiger partial charge in [-0.1, -0.05) is 11.6 Å². The van der Waals surface area contributed by atoms with Crippen LogP contribution >= 0.6 is 11.6 Å². The fraction of sp³-hybridized carbons (Fsp3) is 0.462. The zero-order valence-corrected chi connectivity index (χ0v) is 11.9. The molecule has 1 heterocycles. The number of anilines is 1. The molecule has 0 aromatic heterocycles. The van der Waals surface area contributed by atoms with Crippen molar-refractivity contribution in [1.29, 1.82) is 0 Å². The first-order chi connectivity index (χ1) is 9.86. The second-order valence-corrected chi connectivity index (χ2v) is 5.19. The summed E-state index contributed by atoms with van der Waals surface area (Å²) in [5.41, 5.74) is -0.661. The molecule has 0 aliphatic carbocycles. The number of quaternary nitrogens is 1. The van der Waals surface area contributed by atoms with E-state index in [0.717, 1.165) is 36.2 Å². The minimum atomic E-state index is -4.45. The Hall–Kier alpha value is -1.31. The maximum Gasteiger partial charge on any atom is 0.416 e. The van der Waals surface area contributed by atoms with Crippen LogP contribution in [0.2, 0.25) is 5.02 Å². The van der Waals surface area contributed by atoms with Crippen LogP contribution < -0.4 is 10.2 Å². The van der Waals surface area contributed by atoms with Crippen LogP contribution in [0.1, 0.15) is 5.56 Å². The Kier molecular flexibility index (Phi) is 5.08. The Morgan fingerprint density at radius 1 is 1.33 bits per heavy atom. The molecule has 1 saturated heterocycles. The first-order valence-electron chi connectivity index (χ1n) is 6.44. The summed E-state index contributed by atoms with van der Waals surface area (Å²) < 4.78 is 42.7. The van der Waals surface area contributed by atoms with Gasteiger partial charge in [-0.2, -0.15) is 13.2 Å². The number of carbonyl (C=O) groups is 1. The van der Waals surface area contributed by atoms with E-state index in [4.69, 9.17) is 16.3 Å². The maximum absolute atomic E-state index is 12.5. The topological polar surface area (TPSA) is 42.8 Å². The van der Waals surface area contributed by atoms with Gasteiger partial charge in [0.15, 0.2) is 6.54 Å². The largest absolute Gasteiger partial charge is 0.416 e. The lowest BCUT2D eigenvalue weighted by Crippen LogP contribution is -3.15. The van der Waals surface area contributed by atoms with Crippen molar-refractivity contribution < 1.29 is 27.6 Å². The summed E-state index contributed by atoms with van der Waals surface area (Å²) in [7, 11) is 0. The Bertz CT molecular complexity index is 517. The van der Waals surface area contributed by atoms with Gasteiger partial charge in [-0.25, -0.2) is 0 Å². The Morgan fingerprint density at radius 3 is 2.57 bits per heavy atom. The van der Waals surface area contributed by atoms with Crippen molar-refractivity contribution in [3.8, 4) is 0 Å². The molecule has 1 fully saturated rings. The number of rotatable bonds is 3. The minimum Gasteiger partial charge on any atom is -0.370 e. The van der Waals surface area contributed by atoms with Gasteiger partial charge in [0.2, 0.25) is 0 Å². The van der Waals surface area contributed by atoms with Crippen LogP contribution in [0.3, 0.4) is 0 Å². The molecule has 0 unspecified atom stereocenters. The van der Waals surface area contributed by atoms with Crippen molar-refractivity contribution in [2.75, 3.05) is 38.2 Å². The number of ether oxygens (including phenoxy) is 1. The molecular formula is C13H15ClF3N2O2+. The Morgan fingerprint density at radius 2 is 2.00 bits per heavy atom. The van der Waals surface area contributed by atoms with Crippen LogP contribution in [0, 0.1) is 0 Å². The molecule has 1 aromatic rings. The van der Waals surface area contributed by atoms with Crippen LogP contribution in [0.5, 0.6) is 0 Å². The van der Waals surface area contributed by atoms with Gasteiger partial charge in [0.05, 0.1) is 29.5 Å². The number of hydrogen-bond acceptors (Lipinski definition) is 2. The highest BCUT2D eigenvalue weighted by atomic mass is 35.5. The fourth-order valence-electron chi connectivity index (χ4n) is 2.05. The summed E-state index contributed by atoms with van der Waals surface area (Å²) in [6.07, 6.45) is -4.45. The number of nitrogens with one attached hydrogen (secondary N) is 2. The van der Waals surface area contributed by atoms with Crippen LogP contribution in [-0.2, 0) is 15.7 Å². The summed E-state index contributed by atoms with van der Waals surface area (Å²) in [5, 5.41) is 2.41. The molecule has 4 nitrogen and oxygen atoms in total. The fourth-order valence-corrected chi connectivity index (χ4v) is 2.28. The van der Waals surface area contributed by atoms with E-state index in [9.17, 15) is 18.0 Å². The molecule has 8 heteroatoms. The van der Waals surface area contributed by atoms with Crippen LogP contribution in [0.15, 0.2) is 18.2 Å². The molecular weight excluding hydrogens is 309 g/mol. The number of alkyl halides is 3. The molecule has 0 saturated carbocycles. The first-order valence-corrected chi connectivity index (χ1v) is 6.82. The third-order valence-electron chi connectivity index (χ3n) is 3.18. The summed E-state index contributed by atoms with van der Waals surface area (Å²) in [6.45, 7) is 2.90. The molecule has 1 aliphatic rings. The molecule has 1 amide bonds. The number of amides is 1. The van der Waals surface area contributed by atoms with Crippen molar-refractivity contribution in [1.82, 2.24) is 0 Å². The first kappa shape index (κ1) is 16.1. The standard InChI is InChI=1S/C13H14ClF3N2O2/c14-10-7-9(13(15,16)17)1-2-11(10)18-12(20)8-19-3-5-21-6-4-19/h1-2,7H,3-6,8H2,(H,18,20)/p+1. The summed E-state index contributed by atoms with van der Waals surface area (Å²) in [6, 6.07) is 2.86. The van der Waals surface area contributed by atoms with Crippen molar-refractivity contribution in [3.05, 3.63) is 28.8 Å². The lowest BCUT2D eigenvalue weighted by atomic mass is 10.2. The Labute approximate surface area is 124 Å². The van der Waals surface area contributed by atoms with Gasteiger partial charge in [-0.05, 0) is 18.2 Å². The van der Waals surface area contributed by atoms with Crippen molar-refractivity contribution in [2.45, 2.75) is 6.18 Å². The predicted octanol–water partition coefficient (Wildman–Crippen LogP) is 1.21. The zero-order valence-electron chi connectivity index (χ0n) is 11.1. The molecule has 0 radical (unpaired) electrons. The number of halogens is 4. The number of carbonyl (C=O) groups excluding carboxylic acids is 1. The van der Waals surface area contributed by atoms with Crippen molar-refractivity contribution >= 4 is 23.2 Å². The van der Waals surface area contributed by atoms with E-state index in [1.54, 1.807) is 0 Å².